The van der Waals surface area contributed by atoms with Crippen molar-refractivity contribution in [3.8, 4) is 0 Å². The van der Waals surface area contributed by atoms with Crippen molar-refractivity contribution >= 4 is 33.0 Å². The second-order valence-corrected chi connectivity index (χ2v) is 5.66. The largest absolute Gasteiger partial charge is 0.319 e. The van der Waals surface area contributed by atoms with E-state index < -0.39 is 5.54 Å². The number of hydrogen-bond donors (Lipinski definition) is 1. The van der Waals surface area contributed by atoms with Crippen molar-refractivity contribution in [3.05, 3.63) is 20.8 Å². The van der Waals surface area contributed by atoms with Crippen molar-refractivity contribution < 1.29 is 4.79 Å². The zero-order valence-corrected chi connectivity index (χ0v) is 10.2. The van der Waals surface area contributed by atoms with Crippen LogP contribution in [0.5, 0.6) is 0 Å². The summed E-state index contributed by atoms with van der Waals surface area (Å²) in [6.07, 6.45) is 3.28. The minimum absolute atomic E-state index is 0.187. The van der Waals surface area contributed by atoms with Crippen LogP contribution in [0.1, 0.15) is 24.1 Å². The van der Waals surface area contributed by atoms with Crippen LogP contribution < -0.4 is 5.73 Å². The lowest BCUT2D eigenvalue weighted by Gasteiger charge is -2.36. The van der Waals surface area contributed by atoms with E-state index in [0.29, 0.717) is 6.42 Å². The number of thiophene rings is 1. The summed E-state index contributed by atoms with van der Waals surface area (Å²) >= 11 is 5.02. The Balaban J connectivity index is 2.05. The van der Waals surface area contributed by atoms with Crippen LogP contribution >= 0.6 is 27.3 Å². The third-order valence-electron chi connectivity index (χ3n) is 2.81. The van der Waals surface area contributed by atoms with Gasteiger partial charge >= 0.3 is 0 Å². The molecule has 1 saturated carbocycles. The molecule has 2 N–H and O–H groups in total. The van der Waals surface area contributed by atoms with Crippen LogP contribution in [0.2, 0.25) is 0 Å². The zero-order valence-electron chi connectivity index (χ0n) is 7.75. The van der Waals surface area contributed by atoms with E-state index in [1.807, 2.05) is 11.4 Å². The van der Waals surface area contributed by atoms with E-state index in [4.69, 9.17) is 5.73 Å². The Kier molecular flexibility index (Phi) is 2.77. The highest BCUT2D eigenvalue weighted by Gasteiger charge is 2.39. The minimum atomic E-state index is -0.510. The van der Waals surface area contributed by atoms with Crippen molar-refractivity contribution in [3.63, 3.8) is 0 Å². The van der Waals surface area contributed by atoms with Crippen LogP contribution in [0.15, 0.2) is 15.9 Å². The number of rotatable bonds is 3. The molecule has 14 heavy (non-hydrogen) atoms. The Morgan fingerprint density at radius 3 is 2.79 bits per heavy atom. The molecule has 1 aromatic heterocycles. The van der Waals surface area contributed by atoms with Gasteiger partial charge in [-0.15, -0.1) is 11.3 Å². The van der Waals surface area contributed by atoms with E-state index in [1.54, 1.807) is 11.3 Å². The monoisotopic (exact) mass is 273 g/mol. The van der Waals surface area contributed by atoms with Crippen LogP contribution in [0.4, 0.5) is 0 Å². The fraction of sp³-hybridized carbons (Fsp3) is 0.500. The first kappa shape index (κ1) is 10.3. The summed E-state index contributed by atoms with van der Waals surface area (Å²) in [6, 6.07) is 1.97. The molecule has 0 aliphatic heterocycles. The van der Waals surface area contributed by atoms with Gasteiger partial charge in [0, 0.05) is 15.8 Å². The van der Waals surface area contributed by atoms with Gasteiger partial charge in [0.2, 0.25) is 0 Å². The Hall–Kier alpha value is -0.190. The summed E-state index contributed by atoms with van der Waals surface area (Å²) < 4.78 is 1.03. The Bertz CT molecular complexity index is 357. The fourth-order valence-electron chi connectivity index (χ4n) is 1.61. The lowest BCUT2D eigenvalue weighted by molar-refractivity contribution is -0.126. The lowest BCUT2D eigenvalue weighted by Crippen LogP contribution is -2.54. The molecular formula is C10H12BrNOS. The van der Waals surface area contributed by atoms with Gasteiger partial charge in [-0.3, -0.25) is 4.79 Å². The molecule has 0 aromatic carbocycles. The predicted octanol–water partition coefficient (Wildman–Crippen LogP) is 2.50. The van der Waals surface area contributed by atoms with E-state index in [2.05, 4.69) is 15.9 Å². The smallest absolute Gasteiger partial charge is 0.157 e. The molecule has 1 heterocycles. The number of carbonyl (C=O) groups excluding carboxylic acids is 1. The summed E-state index contributed by atoms with van der Waals surface area (Å²) in [6.45, 7) is 0. The Morgan fingerprint density at radius 2 is 2.36 bits per heavy atom. The van der Waals surface area contributed by atoms with Gasteiger partial charge in [0.25, 0.3) is 0 Å². The summed E-state index contributed by atoms with van der Waals surface area (Å²) in [4.78, 5) is 12.9. The predicted molar refractivity (Wildman–Crippen MR) is 61.5 cm³/mol. The third kappa shape index (κ3) is 1.78. The average molecular weight is 274 g/mol. The molecule has 0 saturated heterocycles. The first-order valence-electron chi connectivity index (χ1n) is 4.66. The second-order valence-electron chi connectivity index (χ2n) is 3.80. The Morgan fingerprint density at radius 1 is 1.64 bits per heavy atom. The van der Waals surface area contributed by atoms with Gasteiger partial charge in [-0.2, -0.15) is 0 Å². The van der Waals surface area contributed by atoms with Crippen LogP contribution in [-0.4, -0.2) is 11.3 Å². The minimum Gasteiger partial charge on any atom is -0.319 e. The average Bonchev–Trinajstić information content (AvgIpc) is 2.48. The van der Waals surface area contributed by atoms with Gasteiger partial charge in [0.15, 0.2) is 5.78 Å². The zero-order chi connectivity index (χ0) is 10.2. The van der Waals surface area contributed by atoms with Crippen LogP contribution in [-0.2, 0) is 11.2 Å². The van der Waals surface area contributed by atoms with E-state index in [1.165, 1.54) is 0 Å². The molecular weight excluding hydrogens is 262 g/mol. The number of nitrogens with two attached hydrogens (primary N) is 1. The first-order valence-corrected chi connectivity index (χ1v) is 6.33. The first-order chi connectivity index (χ1) is 6.62. The molecule has 0 amide bonds. The van der Waals surface area contributed by atoms with Gasteiger partial charge < -0.3 is 5.73 Å². The molecule has 0 atom stereocenters. The number of hydrogen-bond acceptors (Lipinski definition) is 3. The molecule has 1 fully saturated rings. The van der Waals surface area contributed by atoms with Crippen molar-refractivity contribution in [2.75, 3.05) is 0 Å². The molecule has 0 unspecified atom stereocenters. The highest BCUT2D eigenvalue weighted by molar-refractivity contribution is 9.10. The summed E-state index contributed by atoms with van der Waals surface area (Å²) in [5.74, 6) is 0.187. The topological polar surface area (TPSA) is 43.1 Å². The van der Waals surface area contributed by atoms with Crippen LogP contribution in [0.3, 0.4) is 0 Å². The maximum absolute atomic E-state index is 11.8. The molecule has 1 aliphatic rings. The van der Waals surface area contributed by atoms with Crippen molar-refractivity contribution in [1.29, 1.82) is 0 Å². The van der Waals surface area contributed by atoms with Crippen LogP contribution in [0, 0.1) is 0 Å². The lowest BCUT2D eigenvalue weighted by atomic mass is 9.73. The molecule has 76 valence electrons. The molecule has 0 bridgehead atoms. The normalized spacial score (nSPS) is 19.0. The van der Waals surface area contributed by atoms with Gasteiger partial charge in [-0.1, -0.05) is 0 Å². The summed E-state index contributed by atoms with van der Waals surface area (Å²) in [5.41, 5.74) is 5.44. The van der Waals surface area contributed by atoms with E-state index >= 15 is 0 Å². The van der Waals surface area contributed by atoms with Crippen molar-refractivity contribution in [2.45, 2.75) is 31.2 Å². The second kappa shape index (κ2) is 3.76. The molecule has 4 heteroatoms. The summed E-state index contributed by atoms with van der Waals surface area (Å²) in [7, 11) is 0. The third-order valence-corrected chi connectivity index (χ3v) is 4.74. The van der Waals surface area contributed by atoms with E-state index in [-0.39, 0.29) is 5.78 Å². The van der Waals surface area contributed by atoms with Gasteiger partial charge in [-0.05, 0) is 46.6 Å². The van der Waals surface area contributed by atoms with Crippen molar-refractivity contribution in [2.24, 2.45) is 5.73 Å². The maximum atomic E-state index is 11.8. The van der Waals surface area contributed by atoms with Gasteiger partial charge in [-0.25, -0.2) is 0 Å². The standard InChI is InChI=1S/C10H12BrNOS/c11-7-2-5-14-8(7)6-9(13)10(12)3-1-4-10/h2,5H,1,3-4,6,12H2. The molecule has 0 radical (unpaired) electrons. The number of carbonyl (C=O) groups is 1. The molecule has 2 nitrogen and oxygen atoms in total. The van der Waals surface area contributed by atoms with Crippen molar-refractivity contribution in [1.82, 2.24) is 0 Å². The number of Topliss-reactive ketones (excluding diaryl/α,β-unsaturated/α-hetero) is 1. The quantitative estimate of drug-likeness (QED) is 0.920. The van der Waals surface area contributed by atoms with Crippen LogP contribution in [0.25, 0.3) is 0 Å². The van der Waals surface area contributed by atoms with Gasteiger partial charge in [0.05, 0.1) is 5.54 Å². The molecule has 1 aromatic rings. The molecule has 2 rings (SSSR count). The highest BCUT2D eigenvalue weighted by Crippen LogP contribution is 2.32. The Labute approximate surface area is 95.6 Å². The number of ketones is 1. The molecule has 1 aliphatic carbocycles. The SMILES string of the molecule is NC1(C(=O)Cc2sccc2Br)CCC1. The number of halogens is 1. The maximum Gasteiger partial charge on any atom is 0.157 e. The van der Waals surface area contributed by atoms with Gasteiger partial charge in [0.1, 0.15) is 0 Å². The van der Waals surface area contributed by atoms with E-state index in [9.17, 15) is 4.79 Å². The summed E-state index contributed by atoms with van der Waals surface area (Å²) in [5, 5.41) is 1.98. The fourth-order valence-corrected chi connectivity index (χ4v) is 3.10. The van der Waals surface area contributed by atoms with E-state index in [0.717, 1.165) is 28.6 Å². The molecule has 0 spiro atoms. The highest BCUT2D eigenvalue weighted by atomic mass is 79.9.